The summed E-state index contributed by atoms with van der Waals surface area (Å²) < 4.78 is 0. The molecular weight excluding hydrogens is 112 g/mol. The molecular formula is C8H15O. The molecule has 0 spiro atoms. The third kappa shape index (κ3) is 5.57. The van der Waals surface area contributed by atoms with Gasteiger partial charge < -0.3 is 5.11 Å². The van der Waals surface area contributed by atoms with Crippen LogP contribution >= 0.6 is 0 Å². The maximum atomic E-state index is 8.93. The molecule has 9 heavy (non-hydrogen) atoms. The molecule has 53 valence electrons. The first-order valence-corrected chi connectivity index (χ1v) is 3.40. The molecule has 0 aliphatic heterocycles. The number of aliphatic hydroxyl groups is 1. The summed E-state index contributed by atoms with van der Waals surface area (Å²) in [5, 5.41) is 8.93. The van der Waals surface area contributed by atoms with E-state index in [0.29, 0.717) is 5.92 Å². The fourth-order valence-corrected chi connectivity index (χ4v) is 0.600. The van der Waals surface area contributed by atoms with Crippen LogP contribution in [-0.2, 0) is 0 Å². The van der Waals surface area contributed by atoms with Gasteiger partial charge in [0.05, 0.1) is 6.10 Å². The maximum absolute atomic E-state index is 8.93. The summed E-state index contributed by atoms with van der Waals surface area (Å²) in [5.74, 6) is 0.652. The van der Waals surface area contributed by atoms with Gasteiger partial charge in [0.25, 0.3) is 0 Å². The minimum absolute atomic E-state index is 0.410. The highest BCUT2D eigenvalue weighted by Gasteiger charge is 1.99. The van der Waals surface area contributed by atoms with Gasteiger partial charge in [-0.1, -0.05) is 26.5 Å². The minimum atomic E-state index is -0.410. The molecule has 1 radical (unpaired) electrons. The van der Waals surface area contributed by atoms with Crippen LogP contribution in [0.4, 0.5) is 0 Å². The van der Waals surface area contributed by atoms with E-state index in [0.717, 1.165) is 12.8 Å². The Labute approximate surface area is 57.4 Å². The van der Waals surface area contributed by atoms with Crippen LogP contribution in [0.2, 0.25) is 0 Å². The second-order valence-electron chi connectivity index (χ2n) is 2.73. The van der Waals surface area contributed by atoms with Crippen molar-refractivity contribution in [2.75, 3.05) is 0 Å². The zero-order valence-corrected chi connectivity index (χ0v) is 6.17. The summed E-state index contributed by atoms with van der Waals surface area (Å²) in [6.07, 6.45) is 2.75. The van der Waals surface area contributed by atoms with Gasteiger partial charge in [0.15, 0.2) is 0 Å². The van der Waals surface area contributed by atoms with Crippen molar-refractivity contribution in [3.05, 3.63) is 12.7 Å². The van der Waals surface area contributed by atoms with E-state index in [1.54, 1.807) is 0 Å². The largest absolute Gasteiger partial charge is 0.389 e. The molecule has 1 heteroatoms. The topological polar surface area (TPSA) is 20.2 Å². The number of aliphatic hydroxyl groups excluding tert-OH is 1. The van der Waals surface area contributed by atoms with Gasteiger partial charge in [0.2, 0.25) is 0 Å². The van der Waals surface area contributed by atoms with Gasteiger partial charge in [-0.15, -0.1) is 0 Å². The van der Waals surface area contributed by atoms with Crippen molar-refractivity contribution < 1.29 is 5.11 Å². The van der Waals surface area contributed by atoms with Crippen molar-refractivity contribution in [1.82, 2.24) is 0 Å². The number of hydrogen-bond acceptors (Lipinski definition) is 1. The van der Waals surface area contributed by atoms with Crippen LogP contribution in [0.15, 0.2) is 6.08 Å². The quantitative estimate of drug-likeness (QED) is 0.610. The fraction of sp³-hybridized carbons (Fsp3) is 0.750. The van der Waals surface area contributed by atoms with E-state index < -0.39 is 6.10 Å². The fourth-order valence-electron chi connectivity index (χ4n) is 0.600. The molecule has 0 aromatic heterocycles. The molecule has 0 aromatic rings. The molecule has 0 fully saturated rings. The Balaban J connectivity index is 3.16. The lowest BCUT2D eigenvalue weighted by Gasteiger charge is -2.05. The van der Waals surface area contributed by atoms with E-state index in [1.165, 1.54) is 6.08 Å². The smallest absolute Gasteiger partial charge is 0.0724 e. The van der Waals surface area contributed by atoms with Gasteiger partial charge >= 0.3 is 0 Å². The monoisotopic (exact) mass is 127 g/mol. The number of hydrogen-bond donors (Lipinski definition) is 1. The lowest BCUT2D eigenvalue weighted by molar-refractivity contribution is 0.203. The Bertz CT molecular complexity index is 76.6. The molecule has 0 aromatic carbocycles. The van der Waals surface area contributed by atoms with Gasteiger partial charge in [0.1, 0.15) is 0 Å². The molecule has 0 saturated heterocycles. The van der Waals surface area contributed by atoms with Crippen LogP contribution < -0.4 is 0 Å². The van der Waals surface area contributed by atoms with E-state index in [9.17, 15) is 0 Å². The summed E-state index contributed by atoms with van der Waals surface area (Å²) in [7, 11) is 0. The lowest BCUT2D eigenvalue weighted by Crippen LogP contribution is -2.02. The average molecular weight is 127 g/mol. The molecule has 0 heterocycles. The van der Waals surface area contributed by atoms with Gasteiger partial charge in [-0.25, -0.2) is 0 Å². The Morgan fingerprint density at radius 2 is 2.00 bits per heavy atom. The van der Waals surface area contributed by atoms with Gasteiger partial charge in [-0.3, -0.25) is 0 Å². The van der Waals surface area contributed by atoms with Crippen molar-refractivity contribution in [2.24, 2.45) is 5.92 Å². The highest BCUT2D eigenvalue weighted by atomic mass is 16.3. The highest BCUT2D eigenvalue weighted by molar-refractivity contribution is 4.74. The zero-order chi connectivity index (χ0) is 7.28. The van der Waals surface area contributed by atoms with Crippen LogP contribution in [0.1, 0.15) is 26.7 Å². The summed E-state index contributed by atoms with van der Waals surface area (Å²) in [6, 6.07) is 0. The Hall–Kier alpha value is -0.300. The van der Waals surface area contributed by atoms with Gasteiger partial charge in [0, 0.05) is 0 Å². The second kappa shape index (κ2) is 4.57. The van der Waals surface area contributed by atoms with Crippen molar-refractivity contribution >= 4 is 0 Å². The molecule has 0 bridgehead atoms. The average Bonchev–Trinajstić information content (AvgIpc) is 1.83. The van der Waals surface area contributed by atoms with E-state index in [4.69, 9.17) is 11.7 Å². The zero-order valence-electron chi connectivity index (χ0n) is 6.17. The van der Waals surface area contributed by atoms with Crippen LogP contribution in [-0.4, -0.2) is 11.2 Å². The van der Waals surface area contributed by atoms with Gasteiger partial charge in [-0.05, 0) is 18.8 Å². The first kappa shape index (κ1) is 8.70. The highest BCUT2D eigenvalue weighted by Crippen LogP contribution is 2.06. The summed E-state index contributed by atoms with van der Waals surface area (Å²) in [5.41, 5.74) is 0. The Morgan fingerprint density at radius 3 is 2.33 bits per heavy atom. The van der Waals surface area contributed by atoms with Crippen molar-refractivity contribution in [1.29, 1.82) is 0 Å². The molecule has 1 atom stereocenters. The summed E-state index contributed by atoms with van der Waals surface area (Å²) >= 11 is 0. The first-order valence-electron chi connectivity index (χ1n) is 3.40. The Kier molecular flexibility index (Phi) is 4.41. The third-order valence-corrected chi connectivity index (χ3v) is 1.26. The van der Waals surface area contributed by atoms with Gasteiger partial charge in [-0.2, -0.15) is 0 Å². The first-order chi connectivity index (χ1) is 4.16. The number of rotatable bonds is 4. The summed E-state index contributed by atoms with van der Waals surface area (Å²) in [6.45, 7) is 9.34. The third-order valence-electron chi connectivity index (χ3n) is 1.26. The Morgan fingerprint density at radius 1 is 1.44 bits per heavy atom. The molecule has 0 aliphatic carbocycles. The molecule has 0 saturated carbocycles. The van der Waals surface area contributed by atoms with E-state index in [2.05, 4.69) is 13.8 Å². The molecule has 1 nitrogen and oxygen atoms in total. The molecule has 0 amide bonds. The standard InChI is InChI=1S/C8H15O/c1-4-8(9)6-5-7(2)3/h1,4,7-9H,5-6H2,2-3H3. The van der Waals surface area contributed by atoms with Crippen LogP contribution in [0.3, 0.4) is 0 Å². The second-order valence-corrected chi connectivity index (χ2v) is 2.73. The van der Waals surface area contributed by atoms with Crippen LogP contribution in [0.25, 0.3) is 0 Å². The van der Waals surface area contributed by atoms with E-state index >= 15 is 0 Å². The minimum Gasteiger partial charge on any atom is -0.389 e. The molecule has 0 rings (SSSR count). The summed E-state index contributed by atoms with van der Waals surface area (Å²) in [4.78, 5) is 0. The predicted octanol–water partition coefficient (Wildman–Crippen LogP) is 1.77. The van der Waals surface area contributed by atoms with Crippen molar-refractivity contribution in [3.63, 3.8) is 0 Å². The maximum Gasteiger partial charge on any atom is 0.0724 e. The molecule has 1 N–H and O–H groups in total. The van der Waals surface area contributed by atoms with Crippen molar-refractivity contribution in [3.8, 4) is 0 Å². The molecule has 0 aliphatic rings. The van der Waals surface area contributed by atoms with Crippen molar-refractivity contribution in [2.45, 2.75) is 32.8 Å². The molecule has 1 unspecified atom stereocenters. The van der Waals surface area contributed by atoms with Crippen LogP contribution in [0, 0.1) is 12.5 Å². The van der Waals surface area contributed by atoms with Crippen LogP contribution in [0.5, 0.6) is 0 Å². The lowest BCUT2D eigenvalue weighted by atomic mass is 10.1. The normalized spacial score (nSPS) is 13.8. The van der Waals surface area contributed by atoms with E-state index in [1.807, 2.05) is 0 Å². The SMILES string of the molecule is [CH]=CC(O)CCC(C)C. The predicted molar refractivity (Wildman–Crippen MR) is 38.9 cm³/mol. The van der Waals surface area contributed by atoms with E-state index in [-0.39, 0.29) is 0 Å².